The van der Waals surface area contributed by atoms with Crippen LogP contribution >= 0.6 is 11.6 Å². The van der Waals surface area contributed by atoms with E-state index in [1.165, 1.54) is 0 Å². The van der Waals surface area contributed by atoms with Gasteiger partial charge in [-0.15, -0.1) is 0 Å². The van der Waals surface area contributed by atoms with E-state index in [-0.39, 0.29) is 5.91 Å². The van der Waals surface area contributed by atoms with Gasteiger partial charge in [0.15, 0.2) is 5.22 Å². The number of nitrogens with one attached hydrogen (secondary N) is 1. The van der Waals surface area contributed by atoms with Crippen LogP contribution in [0.3, 0.4) is 0 Å². The Labute approximate surface area is 125 Å². The Balaban J connectivity index is 1.87. The summed E-state index contributed by atoms with van der Waals surface area (Å²) in [6.45, 7) is 6.51. The van der Waals surface area contributed by atoms with Crippen LogP contribution in [0.15, 0.2) is 16.5 Å². The molecule has 0 radical (unpaired) electrons. The molecular formula is C15H23ClN2O2. The van der Waals surface area contributed by atoms with Gasteiger partial charge in [0.2, 0.25) is 5.91 Å². The van der Waals surface area contributed by atoms with Gasteiger partial charge >= 0.3 is 0 Å². The average Bonchev–Trinajstić information content (AvgIpc) is 2.89. The Morgan fingerprint density at radius 1 is 1.50 bits per heavy atom. The molecular weight excluding hydrogens is 276 g/mol. The first-order valence-corrected chi connectivity index (χ1v) is 7.77. The fraction of sp³-hybridized carbons (Fsp3) is 0.667. The zero-order valence-corrected chi connectivity index (χ0v) is 12.9. The van der Waals surface area contributed by atoms with Gasteiger partial charge in [-0.2, -0.15) is 0 Å². The molecule has 1 saturated heterocycles. The molecule has 1 aromatic heterocycles. The predicted octanol–water partition coefficient (Wildman–Crippen LogP) is 3.06. The van der Waals surface area contributed by atoms with Crippen LogP contribution in [-0.2, 0) is 11.3 Å². The van der Waals surface area contributed by atoms with Crippen molar-refractivity contribution in [3.63, 3.8) is 0 Å². The molecule has 2 heterocycles. The van der Waals surface area contributed by atoms with Gasteiger partial charge < -0.3 is 14.6 Å². The van der Waals surface area contributed by atoms with E-state index in [2.05, 4.69) is 12.2 Å². The molecule has 4 nitrogen and oxygen atoms in total. The summed E-state index contributed by atoms with van der Waals surface area (Å²) in [5, 5.41) is 3.97. The third-order valence-corrected chi connectivity index (χ3v) is 4.28. The topological polar surface area (TPSA) is 45.5 Å². The smallest absolute Gasteiger partial charge is 0.222 e. The molecule has 0 saturated carbocycles. The van der Waals surface area contributed by atoms with E-state index in [0.717, 1.165) is 31.7 Å². The quantitative estimate of drug-likeness (QED) is 0.909. The first kappa shape index (κ1) is 15.4. The molecule has 1 N–H and O–H groups in total. The van der Waals surface area contributed by atoms with E-state index < -0.39 is 0 Å². The van der Waals surface area contributed by atoms with E-state index in [9.17, 15) is 4.79 Å². The highest BCUT2D eigenvalue weighted by Gasteiger charge is 2.29. The molecule has 0 spiro atoms. The van der Waals surface area contributed by atoms with Crippen molar-refractivity contribution in [2.45, 2.75) is 45.7 Å². The second kappa shape index (κ2) is 7.14. The highest BCUT2D eigenvalue weighted by molar-refractivity contribution is 6.28. The maximum absolute atomic E-state index is 11.8. The zero-order chi connectivity index (χ0) is 14.5. The summed E-state index contributed by atoms with van der Waals surface area (Å²) in [6.07, 6.45) is 2.67. The fourth-order valence-electron chi connectivity index (χ4n) is 2.84. The number of carbonyl (C=O) groups excluding carboxylic acids is 1. The average molecular weight is 299 g/mol. The van der Waals surface area contributed by atoms with E-state index in [0.29, 0.717) is 30.1 Å². The lowest BCUT2D eigenvalue weighted by Gasteiger charge is -2.38. The van der Waals surface area contributed by atoms with Gasteiger partial charge in [-0.3, -0.25) is 4.79 Å². The Hall–Kier alpha value is -1.00. The summed E-state index contributed by atoms with van der Waals surface area (Å²) in [5.41, 5.74) is 0. The standard InChI is InChI=1S/C15H23ClN2O2/c1-3-11-10-18(15(19)4-2)8-7-13(11)17-9-12-5-6-14(16)20-12/h5-6,11,13,17H,3-4,7-10H2,1-2H3. The first-order valence-electron chi connectivity index (χ1n) is 7.39. The second-order valence-corrected chi connectivity index (χ2v) is 5.72. The number of hydrogen-bond acceptors (Lipinski definition) is 3. The second-order valence-electron chi connectivity index (χ2n) is 5.34. The SMILES string of the molecule is CCC(=O)N1CCC(NCc2ccc(Cl)o2)C(CC)C1. The molecule has 5 heteroatoms. The molecule has 2 rings (SSSR count). The largest absolute Gasteiger partial charge is 0.448 e. The van der Waals surface area contributed by atoms with Gasteiger partial charge in [0.1, 0.15) is 5.76 Å². The van der Waals surface area contributed by atoms with E-state index in [1.54, 1.807) is 6.07 Å². The van der Waals surface area contributed by atoms with Crippen molar-refractivity contribution in [1.29, 1.82) is 0 Å². The highest BCUT2D eigenvalue weighted by atomic mass is 35.5. The van der Waals surface area contributed by atoms with Crippen LogP contribution in [0.4, 0.5) is 0 Å². The molecule has 1 aliphatic heterocycles. The molecule has 1 aromatic rings. The van der Waals surface area contributed by atoms with E-state index in [1.807, 2.05) is 17.9 Å². The third-order valence-electron chi connectivity index (χ3n) is 4.08. The number of furan rings is 1. The molecule has 2 unspecified atom stereocenters. The van der Waals surface area contributed by atoms with E-state index >= 15 is 0 Å². The van der Waals surface area contributed by atoms with Crippen LogP contribution in [0.5, 0.6) is 0 Å². The van der Waals surface area contributed by atoms with E-state index in [4.69, 9.17) is 16.0 Å². The number of rotatable bonds is 5. The number of hydrogen-bond donors (Lipinski definition) is 1. The van der Waals surface area contributed by atoms with Crippen LogP contribution in [0.2, 0.25) is 5.22 Å². The van der Waals surface area contributed by atoms with Gasteiger partial charge in [0.05, 0.1) is 6.54 Å². The third kappa shape index (κ3) is 3.76. The van der Waals surface area contributed by atoms with Crippen molar-refractivity contribution >= 4 is 17.5 Å². The van der Waals surface area contributed by atoms with Crippen molar-refractivity contribution in [1.82, 2.24) is 10.2 Å². The number of carbonyl (C=O) groups is 1. The molecule has 1 amide bonds. The maximum atomic E-state index is 11.8. The van der Waals surface area contributed by atoms with Crippen molar-refractivity contribution in [3.8, 4) is 0 Å². The minimum atomic E-state index is 0.264. The number of likely N-dealkylation sites (tertiary alicyclic amines) is 1. The van der Waals surface area contributed by atoms with Crippen molar-refractivity contribution in [2.24, 2.45) is 5.92 Å². The van der Waals surface area contributed by atoms with Crippen LogP contribution < -0.4 is 5.32 Å². The normalized spacial score (nSPS) is 23.1. The molecule has 1 fully saturated rings. The number of nitrogens with zero attached hydrogens (tertiary/aromatic N) is 1. The molecule has 1 aliphatic rings. The monoisotopic (exact) mass is 298 g/mol. The van der Waals surface area contributed by atoms with Crippen LogP contribution in [-0.4, -0.2) is 29.9 Å². The Morgan fingerprint density at radius 3 is 2.90 bits per heavy atom. The molecule has 112 valence electrons. The zero-order valence-electron chi connectivity index (χ0n) is 12.2. The summed E-state index contributed by atoms with van der Waals surface area (Å²) in [5.74, 6) is 1.63. The fourth-order valence-corrected chi connectivity index (χ4v) is 3.01. The van der Waals surface area contributed by atoms with Crippen molar-refractivity contribution in [3.05, 3.63) is 23.1 Å². The molecule has 0 aromatic carbocycles. The van der Waals surface area contributed by atoms with Crippen LogP contribution in [0.25, 0.3) is 0 Å². The number of halogens is 1. The Kier molecular flexibility index (Phi) is 5.49. The lowest BCUT2D eigenvalue weighted by Crippen LogP contribution is -2.50. The first-order chi connectivity index (χ1) is 9.63. The molecule has 0 aliphatic carbocycles. The summed E-state index contributed by atoms with van der Waals surface area (Å²) in [6, 6.07) is 4.09. The predicted molar refractivity (Wildman–Crippen MR) is 79.6 cm³/mol. The Bertz CT molecular complexity index is 447. The van der Waals surface area contributed by atoms with Crippen molar-refractivity contribution in [2.75, 3.05) is 13.1 Å². The van der Waals surface area contributed by atoms with Crippen LogP contribution in [0.1, 0.15) is 38.9 Å². The lowest BCUT2D eigenvalue weighted by molar-refractivity contribution is -0.133. The maximum Gasteiger partial charge on any atom is 0.222 e. The summed E-state index contributed by atoms with van der Waals surface area (Å²) < 4.78 is 5.36. The van der Waals surface area contributed by atoms with Gasteiger partial charge in [-0.05, 0) is 36.1 Å². The molecule has 2 atom stereocenters. The summed E-state index contributed by atoms with van der Waals surface area (Å²) in [4.78, 5) is 13.8. The minimum Gasteiger partial charge on any atom is -0.448 e. The molecule has 20 heavy (non-hydrogen) atoms. The van der Waals surface area contributed by atoms with Gasteiger partial charge in [-0.1, -0.05) is 20.3 Å². The molecule has 0 bridgehead atoms. The minimum absolute atomic E-state index is 0.264. The van der Waals surface area contributed by atoms with Crippen LogP contribution in [0, 0.1) is 5.92 Å². The highest BCUT2D eigenvalue weighted by Crippen LogP contribution is 2.22. The van der Waals surface area contributed by atoms with Crippen molar-refractivity contribution < 1.29 is 9.21 Å². The van der Waals surface area contributed by atoms with Gasteiger partial charge in [0, 0.05) is 25.6 Å². The number of piperidine rings is 1. The summed E-state index contributed by atoms with van der Waals surface area (Å²) >= 11 is 5.77. The Morgan fingerprint density at radius 2 is 2.30 bits per heavy atom. The number of amides is 1. The lowest BCUT2D eigenvalue weighted by atomic mass is 9.89. The van der Waals surface area contributed by atoms with Gasteiger partial charge in [0.25, 0.3) is 0 Å². The van der Waals surface area contributed by atoms with Gasteiger partial charge in [-0.25, -0.2) is 0 Å². The summed E-state index contributed by atoms with van der Waals surface area (Å²) in [7, 11) is 0.